The van der Waals surface area contributed by atoms with Gasteiger partial charge in [-0.05, 0) is 111 Å². The van der Waals surface area contributed by atoms with E-state index in [0.29, 0.717) is 10.8 Å². The van der Waals surface area contributed by atoms with Crippen LogP contribution in [0.4, 0.5) is 11.4 Å². The number of carbonyl (C=O) groups excluding carboxylic acids is 2. The van der Waals surface area contributed by atoms with Crippen LogP contribution in [0.3, 0.4) is 0 Å². The molecule has 11 nitrogen and oxygen atoms in total. The number of thioether (sulfide) groups is 1. The number of halogens is 1. The molecule has 328 valence electrons. The lowest BCUT2D eigenvalue weighted by Gasteiger charge is -2.36. The summed E-state index contributed by atoms with van der Waals surface area (Å²) in [6.45, 7) is 11.8. The molecular formula is C47H54ClN5O6S3. The van der Waals surface area contributed by atoms with Gasteiger partial charge >= 0.3 is 0 Å². The summed E-state index contributed by atoms with van der Waals surface area (Å²) in [5, 5.41) is 3.95. The fourth-order valence-corrected chi connectivity index (χ4v) is 10.7. The lowest BCUT2D eigenvalue weighted by atomic mass is 9.99. The molecule has 1 heterocycles. The van der Waals surface area contributed by atoms with E-state index in [4.69, 9.17) is 11.6 Å². The number of benzene rings is 5. The quantitative estimate of drug-likeness (QED) is 0.0875. The van der Waals surface area contributed by atoms with E-state index in [9.17, 15) is 26.4 Å². The van der Waals surface area contributed by atoms with E-state index in [1.54, 1.807) is 29.2 Å². The first-order valence-electron chi connectivity index (χ1n) is 20.6. The smallest absolute Gasteiger partial charge is 0.264 e. The van der Waals surface area contributed by atoms with Crippen molar-refractivity contribution in [2.75, 3.05) is 48.4 Å². The monoisotopic (exact) mass is 915 g/mol. The minimum atomic E-state index is -4.50. The maximum atomic E-state index is 13.6. The molecule has 0 saturated carbocycles. The fraction of sp³-hybridized carbons (Fsp3) is 0.319. The number of nitrogens with one attached hydrogen (secondary N) is 2. The highest BCUT2D eigenvalue weighted by atomic mass is 35.5. The Balaban J connectivity index is 1.11. The Bertz CT molecular complexity index is 2540. The summed E-state index contributed by atoms with van der Waals surface area (Å²) in [4.78, 5) is 33.7. The largest absolute Gasteiger partial charge is 0.380 e. The second-order valence-electron chi connectivity index (χ2n) is 16.0. The van der Waals surface area contributed by atoms with Gasteiger partial charge in [0.2, 0.25) is 5.91 Å². The van der Waals surface area contributed by atoms with Crippen molar-refractivity contribution in [3.8, 4) is 11.1 Å². The number of rotatable bonds is 17. The van der Waals surface area contributed by atoms with Crippen LogP contribution in [-0.4, -0.2) is 94.8 Å². The third kappa shape index (κ3) is 12.2. The zero-order chi connectivity index (χ0) is 44.6. The van der Waals surface area contributed by atoms with Gasteiger partial charge in [-0.3, -0.25) is 14.5 Å². The average Bonchev–Trinajstić information content (AvgIpc) is 3.23. The van der Waals surface area contributed by atoms with Crippen LogP contribution >= 0.6 is 23.4 Å². The molecule has 1 aliphatic heterocycles. The molecule has 1 aliphatic rings. The Hall–Kier alpha value is -4.86. The summed E-state index contributed by atoms with van der Waals surface area (Å²) in [5.41, 5.74) is 4.73. The molecule has 6 rings (SSSR count). The van der Waals surface area contributed by atoms with Gasteiger partial charge in [0.05, 0.1) is 15.5 Å². The molecule has 1 fully saturated rings. The second-order valence-corrected chi connectivity index (χ2v) is 21.2. The first-order valence-corrected chi connectivity index (χ1v) is 25.3. The molecule has 0 bridgehead atoms. The molecule has 1 atom stereocenters. The zero-order valence-electron chi connectivity index (χ0n) is 35.6. The maximum absolute atomic E-state index is 13.6. The van der Waals surface area contributed by atoms with Gasteiger partial charge < -0.3 is 15.1 Å². The minimum Gasteiger partial charge on any atom is -0.380 e. The maximum Gasteiger partial charge on any atom is 0.264 e. The van der Waals surface area contributed by atoms with E-state index in [-0.39, 0.29) is 45.5 Å². The van der Waals surface area contributed by atoms with Crippen molar-refractivity contribution < 1.29 is 26.4 Å². The predicted molar refractivity (Wildman–Crippen MR) is 251 cm³/mol. The van der Waals surface area contributed by atoms with Gasteiger partial charge in [-0.2, -0.15) is 0 Å². The van der Waals surface area contributed by atoms with Crippen LogP contribution in [0.25, 0.3) is 11.1 Å². The van der Waals surface area contributed by atoms with Gasteiger partial charge in [0.1, 0.15) is 0 Å². The Kier molecular flexibility index (Phi) is 15.5. The predicted octanol–water partition coefficient (Wildman–Crippen LogP) is 8.46. The topological polar surface area (TPSA) is 136 Å². The Labute approximate surface area is 375 Å². The number of hydrogen-bond donors (Lipinski definition) is 2. The fourth-order valence-electron chi connectivity index (χ4n) is 7.71. The van der Waals surface area contributed by atoms with E-state index in [0.717, 1.165) is 61.2 Å². The summed E-state index contributed by atoms with van der Waals surface area (Å²) in [6, 6.07) is 35.7. The number of sulfonamides is 1. The van der Waals surface area contributed by atoms with Crippen molar-refractivity contribution in [3.05, 3.63) is 137 Å². The summed E-state index contributed by atoms with van der Waals surface area (Å²) in [5.74, 6) is -0.516. The van der Waals surface area contributed by atoms with E-state index < -0.39 is 31.8 Å². The highest BCUT2D eigenvalue weighted by Gasteiger charge is 2.28. The molecule has 0 radical (unpaired) electrons. The van der Waals surface area contributed by atoms with Crippen molar-refractivity contribution in [2.45, 2.75) is 73.5 Å². The summed E-state index contributed by atoms with van der Waals surface area (Å²) >= 11 is 7.65. The number of anilines is 2. The van der Waals surface area contributed by atoms with Gasteiger partial charge in [0, 0.05) is 90.4 Å². The van der Waals surface area contributed by atoms with Gasteiger partial charge in [0.15, 0.2) is 9.84 Å². The first-order chi connectivity index (χ1) is 29.5. The van der Waals surface area contributed by atoms with Crippen molar-refractivity contribution in [1.82, 2.24) is 14.5 Å². The van der Waals surface area contributed by atoms with Crippen LogP contribution in [0.1, 0.15) is 50.0 Å². The Morgan fingerprint density at radius 2 is 1.40 bits per heavy atom. The van der Waals surface area contributed by atoms with Crippen LogP contribution in [0.5, 0.6) is 0 Å². The molecule has 1 saturated heterocycles. The third-order valence-electron chi connectivity index (χ3n) is 10.7. The van der Waals surface area contributed by atoms with E-state index in [2.05, 4.69) is 38.0 Å². The van der Waals surface area contributed by atoms with E-state index in [1.165, 1.54) is 35.0 Å². The number of carbonyl (C=O) groups is 2. The highest BCUT2D eigenvalue weighted by Crippen LogP contribution is 2.30. The van der Waals surface area contributed by atoms with Crippen molar-refractivity contribution in [3.63, 3.8) is 0 Å². The molecule has 0 aromatic heterocycles. The van der Waals surface area contributed by atoms with Crippen LogP contribution in [-0.2, 0) is 31.2 Å². The number of amides is 2. The lowest BCUT2D eigenvalue weighted by Crippen LogP contribution is -2.46. The number of nitrogens with zero attached hydrogens (tertiary/aromatic N) is 3. The molecule has 62 heavy (non-hydrogen) atoms. The summed E-state index contributed by atoms with van der Waals surface area (Å²) < 4.78 is 55.7. The SMILES string of the molecule is CC(C)N(C(=O)C[C@H](CSc1ccccc1)Nc1ccc(S(=O)(=O)NC(=O)c2ccc(N3CCN(Cc4ccccc4-c4ccc(Cl)cc4)CC3)cc2)cc1S(C)(=O)=O)C(C)C. The summed E-state index contributed by atoms with van der Waals surface area (Å²) in [6.07, 6.45) is 1.06. The molecule has 0 unspecified atom stereocenters. The van der Waals surface area contributed by atoms with Gasteiger partial charge in [-0.1, -0.05) is 66.2 Å². The first kappa shape index (κ1) is 46.6. The van der Waals surface area contributed by atoms with Gasteiger partial charge in [-0.25, -0.2) is 21.6 Å². The van der Waals surface area contributed by atoms with Crippen LogP contribution in [0, 0.1) is 0 Å². The number of hydrogen-bond acceptors (Lipinski definition) is 10. The molecule has 0 aliphatic carbocycles. The van der Waals surface area contributed by atoms with Crippen molar-refractivity contribution in [2.24, 2.45) is 0 Å². The number of sulfone groups is 1. The lowest BCUT2D eigenvalue weighted by molar-refractivity contribution is -0.134. The highest BCUT2D eigenvalue weighted by molar-refractivity contribution is 7.99. The second kappa shape index (κ2) is 20.5. The van der Waals surface area contributed by atoms with Crippen molar-refractivity contribution in [1.29, 1.82) is 0 Å². The van der Waals surface area contributed by atoms with E-state index >= 15 is 0 Å². The average molecular weight is 917 g/mol. The standard InChI is InChI=1S/C47H54ClN5O6S3/c1-33(2)53(34(3)4)46(54)29-39(32-60-41-12-7-6-8-13-41)49-44-24-23-42(30-45(44)61(5,56)57)62(58,59)50-47(55)36-17-21-40(22-18-36)52-27-25-51(26-28-52)31-37-11-9-10-14-43(37)35-15-19-38(48)20-16-35/h6-24,30,33-34,39,49H,25-29,31-32H2,1-5H3,(H,50,55)/t39-/m1/s1. The van der Waals surface area contributed by atoms with Crippen LogP contribution in [0.2, 0.25) is 5.02 Å². The van der Waals surface area contributed by atoms with Gasteiger partial charge in [0.25, 0.3) is 15.9 Å². The zero-order valence-corrected chi connectivity index (χ0v) is 38.8. The van der Waals surface area contributed by atoms with Crippen LogP contribution in [0.15, 0.2) is 136 Å². The Morgan fingerprint density at radius 1 is 0.774 bits per heavy atom. The number of piperazine rings is 1. The molecule has 5 aromatic rings. The Morgan fingerprint density at radius 3 is 2.03 bits per heavy atom. The molecule has 5 aromatic carbocycles. The molecule has 15 heteroatoms. The normalized spacial score (nSPS) is 14.2. The van der Waals surface area contributed by atoms with Gasteiger partial charge in [-0.15, -0.1) is 11.8 Å². The van der Waals surface area contributed by atoms with E-state index in [1.807, 2.05) is 88.4 Å². The van der Waals surface area contributed by atoms with Crippen LogP contribution < -0.4 is 14.9 Å². The third-order valence-corrected chi connectivity index (χ3v) is 14.6. The van der Waals surface area contributed by atoms with Crippen molar-refractivity contribution >= 4 is 66.4 Å². The molecule has 2 N–H and O–H groups in total. The molecule has 2 amide bonds. The molecular weight excluding hydrogens is 862 g/mol. The summed E-state index contributed by atoms with van der Waals surface area (Å²) in [7, 11) is -8.48. The molecule has 0 spiro atoms. The minimum absolute atomic E-state index is 0.0439.